The second kappa shape index (κ2) is 5.41. The summed E-state index contributed by atoms with van der Waals surface area (Å²) in [6, 6.07) is 2.21. The maximum absolute atomic E-state index is 12.6. The van der Waals surface area contributed by atoms with Crippen LogP contribution in [0.15, 0.2) is 6.07 Å². The molecule has 0 aliphatic carbocycles. The Labute approximate surface area is 113 Å². The van der Waals surface area contributed by atoms with Crippen LogP contribution in [0.4, 0.5) is 0 Å². The van der Waals surface area contributed by atoms with Crippen LogP contribution in [0.25, 0.3) is 0 Å². The summed E-state index contributed by atoms with van der Waals surface area (Å²) in [5.41, 5.74) is 7.05. The molecule has 0 aromatic carbocycles. The maximum Gasteiger partial charge on any atom is 0.264 e. The molecule has 1 aliphatic rings. The summed E-state index contributed by atoms with van der Waals surface area (Å²) in [6.07, 6.45) is 2.26. The number of carbonyl (C=O) groups is 1. The van der Waals surface area contributed by atoms with E-state index in [1.54, 1.807) is 11.3 Å². The molecule has 2 heterocycles. The average Bonchev–Trinajstić information content (AvgIpc) is 2.68. The van der Waals surface area contributed by atoms with Crippen molar-refractivity contribution < 1.29 is 4.79 Å². The van der Waals surface area contributed by atoms with Crippen molar-refractivity contribution in [3.63, 3.8) is 0 Å². The number of nitrogens with two attached hydrogens (primary N) is 1. The first-order chi connectivity index (χ1) is 8.54. The monoisotopic (exact) mass is 266 g/mol. The SMILES string of the molecule is Cc1cc(C(=O)N2CCC[C@@H](C)[C@@H]2CN)sc1C. The van der Waals surface area contributed by atoms with Crippen molar-refractivity contribution >= 4 is 17.2 Å². The second-order valence-corrected chi connectivity index (χ2v) is 6.53. The fourth-order valence-electron chi connectivity index (χ4n) is 2.68. The summed E-state index contributed by atoms with van der Waals surface area (Å²) in [4.78, 5) is 16.6. The highest BCUT2D eigenvalue weighted by atomic mass is 32.1. The van der Waals surface area contributed by atoms with Crippen molar-refractivity contribution in [2.24, 2.45) is 11.7 Å². The highest BCUT2D eigenvalue weighted by Gasteiger charge is 2.31. The predicted molar refractivity (Wildman–Crippen MR) is 76.1 cm³/mol. The molecule has 3 nitrogen and oxygen atoms in total. The lowest BCUT2D eigenvalue weighted by atomic mass is 9.90. The van der Waals surface area contributed by atoms with Crippen LogP contribution < -0.4 is 5.73 Å². The van der Waals surface area contributed by atoms with Gasteiger partial charge in [-0.25, -0.2) is 0 Å². The van der Waals surface area contributed by atoms with Crippen molar-refractivity contribution in [1.82, 2.24) is 4.90 Å². The van der Waals surface area contributed by atoms with Gasteiger partial charge in [0.05, 0.1) is 4.88 Å². The Hall–Kier alpha value is -0.870. The van der Waals surface area contributed by atoms with E-state index in [2.05, 4.69) is 20.8 Å². The predicted octanol–water partition coefficient (Wildman–Crippen LogP) is 2.56. The Morgan fingerprint density at radius 3 is 2.83 bits per heavy atom. The Kier molecular flexibility index (Phi) is 4.07. The Bertz CT molecular complexity index is 422. The van der Waals surface area contributed by atoms with E-state index in [0.29, 0.717) is 12.5 Å². The third-order valence-electron chi connectivity index (χ3n) is 3.99. The first kappa shape index (κ1) is 13.6. The summed E-state index contributed by atoms with van der Waals surface area (Å²) in [6.45, 7) is 7.73. The quantitative estimate of drug-likeness (QED) is 0.894. The zero-order valence-electron chi connectivity index (χ0n) is 11.4. The van der Waals surface area contributed by atoms with Crippen molar-refractivity contribution in [1.29, 1.82) is 0 Å². The minimum Gasteiger partial charge on any atom is -0.333 e. The highest BCUT2D eigenvalue weighted by Crippen LogP contribution is 2.27. The van der Waals surface area contributed by atoms with Crippen LogP contribution in [0, 0.1) is 19.8 Å². The molecular weight excluding hydrogens is 244 g/mol. The second-order valence-electron chi connectivity index (χ2n) is 5.27. The minimum atomic E-state index is 0.165. The van der Waals surface area contributed by atoms with Gasteiger partial charge in [-0.1, -0.05) is 6.92 Å². The number of hydrogen-bond donors (Lipinski definition) is 1. The van der Waals surface area contributed by atoms with Crippen molar-refractivity contribution in [2.75, 3.05) is 13.1 Å². The molecule has 2 N–H and O–H groups in total. The summed E-state index contributed by atoms with van der Waals surface area (Å²) in [7, 11) is 0. The number of amides is 1. The fourth-order valence-corrected chi connectivity index (χ4v) is 3.67. The van der Waals surface area contributed by atoms with E-state index < -0.39 is 0 Å². The van der Waals surface area contributed by atoms with Crippen LogP contribution in [0.2, 0.25) is 0 Å². The van der Waals surface area contributed by atoms with Crippen LogP contribution in [0.1, 0.15) is 39.9 Å². The standard InChI is InChI=1S/C14H22N2OS/c1-9-5-4-6-16(12(9)8-15)14(17)13-7-10(2)11(3)18-13/h7,9,12H,4-6,8,15H2,1-3H3/t9-,12+/m1/s1. The molecule has 2 atom stereocenters. The molecule has 1 saturated heterocycles. The molecule has 1 aliphatic heterocycles. The first-order valence-corrected chi connectivity index (χ1v) is 7.44. The van der Waals surface area contributed by atoms with Crippen LogP contribution in [0.3, 0.4) is 0 Å². The van der Waals surface area contributed by atoms with E-state index in [1.165, 1.54) is 16.9 Å². The third-order valence-corrected chi connectivity index (χ3v) is 5.14. The molecule has 2 rings (SSSR count). The van der Waals surface area contributed by atoms with Crippen molar-refractivity contribution in [3.8, 4) is 0 Å². The van der Waals surface area contributed by atoms with Gasteiger partial charge in [-0.3, -0.25) is 4.79 Å². The van der Waals surface area contributed by atoms with Gasteiger partial charge in [-0.2, -0.15) is 0 Å². The van der Waals surface area contributed by atoms with Gasteiger partial charge >= 0.3 is 0 Å². The average molecular weight is 266 g/mol. The fraction of sp³-hybridized carbons (Fsp3) is 0.643. The van der Waals surface area contributed by atoms with Gasteiger partial charge in [0.2, 0.25) is 0 Å². The molecule has 18 heavy (non-hydrogen) atoms. The Balaban J connectivity index is 2.21. The van der Waals surface area contributed by atoms with Gasteiger partial charge in [0.15, 0.2) is 0 Å². The molecule has 0 bridgehead atoms. The Morgan fingerprint density at radius 2 is 2.28 bits per heavy atom. The maximum atomic E-state index is 12.6. The lowest BCUT2D eigenvalue weighted by Gasteiger charge is -2.39. The number of likely N-dealkylation sites (tertiary alicyclic amines) is 1. The molecule has 0 spiro atoms. The number of carbonyl (C=O) groups excluding carboxylic acids is 1. The molecule has 1 aromatic rings. The normalized spacial score (nSPS) is 24.3. The van der Waals surface area contributed by atoms with Crippen LogP contribution in [0.5, 0.6) is 0 Å². The third kappa shape index (κ3) is 2.45. The van der Waals surface area contributed by atoms with E-state index in [9.17, 15) is 4.79 Å². The van der Waals surface area contributed by atoms with Crippen LogP contribution in [-0.2, 0) is 0 Å². The van der Waals surface area contributed by atoms with E-state index in [0.717, 1.165) is 17.8 Å². The number of nitrogens with zero attached hydrogens (tertiary/aromatic N) is 1. The van der Waals surface area contributed by atoms with Crippen molar-refractivity contribution in [3.05, 3.63) is 21.4 Å². The number of rotatable bonds is 2. The molecule has 1 fully saturated rings. The first-order valence-electron chi connectivity index (χ1n) is 6.62. The van der Waals surface area contributed by atoms with E-state index >= 15 is 0 Å². The molecule has 1 amide bonds. The molecule has 0 unspecified atom stereocenters. The number of thiophene rings is 1. The van der Waals surface area contributed by atoms with Crippen molar-refractivity contribution in [2.45, 2.75) is 39.7 Å². The molecule has 0 saturated carbocycles. The summed E-state index contributed by atoms with van der Waals surface area (Å²) in [5, 5.41) is 0. The lowest BCUT2D eigenvalue weighted by molar-refractivity contribution is 0.0537. The van der Waals surface area contributed by atoms with Gasteiger partial charge in [0.1, 0.15) is 0 Å². The van der Waals surface area contributed by atoms with Crippen LogP contribution >= 0.6 is 11.3 Å². The molecule has 1 aromatic heterocycles. The lowest BCUT2D eigenvalue weighted by Crippen LogP contribution is -2.51. The smallest absolute Gasteiger partial charge is 0.264 e. The zero-order chi connectivity index (χ0) is 13.3. The number of hydrogen-bond acceptors (Lipinski definition) is 3. The van der Waals surface area contributed by atoms with Gasteiger partial charge in [-0.05, 0) is 44.2 Å². The zero-order valence-corrected chi connectivity index (χ0v) is 12.2. The van der Waals surface area contributed by atoms with Gasteiger partial charge < -0.3 is 10.6 Å². The van der Waals surface area contributed by atoms with E-state index in [4.69, 9.17) is 5.73 Å². The highest BCUT2D eigenvalue weighted by molar-refractivity contribution is 7.14. The summed E-state index contributed by atoms with van der Waals surface area (Å²) in [5.74, 6) is 0.674. The van der Waals surface area contributed by atoms with E-state index in [-0.39, 0.29) is 11.9 Å². The van der Waals surface area contributed by atoms with E-state index in [1.807, 2.05) is 11.0 Å². The topological polar surface area (TPSA) is 46.3 Å². The summed E-state index contributed by atoms with van der Waals surface area (Å²) < 4.78 is 0. The molecule has 0 radical (unpaired) electrons. The number of piperidine rings is 1. The minimum absolute atomic E-state index is 0.165. The van der Waals surface area contributed by atoms with Crippen LogP contribution in [-0.4, -0.2) is 29.9 Å². The molecule has 100 valence electrons. The molecular formula is C14H22N2OS. The number of aryl methyl sites for hydroxylation is 2. The van der Waals surface area contributed by atoms with Gasteiger partial charge in [-0.15, -0.1) is 11.3 Å². The van der Waals surface area contributed by atoms with Gasteiger partial charge in [0, 0.05) is 24.0 Å². The van der Waals surface area contributed by atoms with Gasteiger partial charge in [0.25, 0.3) is 5.91 Å². The molecule has 4 heteroatoms. The summed E-state index contributed by atoms with van der Waals surface area (Å²) >= 11 is 1.60. The Morgan fingerprint density at radius 1 is 1.56 bits per heavy atom. The largest absolute Gasteiger partial charge is 0.333 e.